The van der Waals surface area contributed by atoms with E-state index in [0.717, 1.165) is 32.6 Å². The number of carbonyl (C=O) groups is 1. The summed E-state index contributed by atoms with van der Waals surface area (Å²) in [5, 5.41) is 8.80. The molecule has 110 valence electrons. The SMILES string of the molecule is Cc1ccc(-c2nc(C)c(CCC(=O)O)c(C)n2)cc1Br. The number of aliphatic carboxylic acids is 1. The zero-order chi connectivity index (χ0) is 15.6. The van der Waals surface area contributed by atoms with Crippen molar-refractivity contribution >= 4 is 21.9 Å². The highest BCUT2D eigenvalue weighted by Gasteiger charge is 2.12. The van der Waals surface area contributed by atoms with Gasteiger partial charge in [0, 0.05) is 27.8 Å². The van der Waals surface area contributed by atoms with Crippen molar-refractivity contribution < 1.29 is 9.90 Å². The lowest BCUT2D eigenvalue weighted by molar-refractivity contribution is -0.136. The van der Waals surface area contributed by atoms with Crippen molar-refractivity contribution in [1.29, 1.82) is 0 Å². The molecule has 1 aromatic heterocycles. The molecule has 0 spiro atoms. The van der Waals surface area contributed by atoms with E-state index in [-0.39, 0.29) is 6.42 Å². The molecule has 4 nitrogen and oxygen atoms in total. The molecule has 0 radical (unpaired) electrons. The van der Waals surface area contributed by atoms with Crippen molar-refractivity contribution in [3.05, 3.63) is 45.2 Å². The molecule has 0 saturated heterocycles. The van der Waals surface area contributed by atoms with Gasteiger partial charge in [-0.2, -0.15) is 0 Å². The standard InChI is InChI=1S/C16H17BrN2O2/c1-9-4-5-12(8-14(9)17)16-18-10(2)13(11(3)19-16)6-7-15(20)21/h4-5,8H,6-7H2,1-3H3,(H,20,21). The third-order valence-electron chi connectivity index (χ3n) is 3.44. The van der Waals surface area contributed by atoms with Gasteiger partial charge in [0.15, 0.2) is 5.82 Å². The first-order valence-corrected chi connectivity index (χ1v) is 7.50. The van der Waals surface area contributed by atoms with E-state index in [1.165, 1.54) is 0 Å². The van der Waals surface area contributed by atoms with Crippen molar-refractivity contribution in [2.45, 2.75) is 33.6 Å². The molecular formula is C16H17BrN2O2. The van der Waals surface area contributed by atoms with Crippen LogP contribution in [0.15, 0.2) is 22.7 Å². The first-order valence-electron chi connectivity index (χ1n) is 6.71. The molecular weight excluding hydrogens is 332 g/mol. The molecule has 2 aromatic rings. The molecule has 0 fully saturated rings. The molecule has 0 aliphatic heterocycles. The van der Waals surface area contributed by atoms with Gasteiger partial charge < -0.3 is 5.11 Å². The van der Waals surface area contributed by atoms with Gasteiger partial charge >= 0.3 is 5.97 Å². The highest BCUT2D eigenvalue weighted by Crippen LogP contribution is 2.25. The van der Waals surface area contributed by atoms with Gasteiger partial charge in [0.2, 0.25) is 0 Å². The van der Waals surface area contributed by atoms with Crippen LogP contribution in [-0.2, 0) is 11.2 Å². The van der Waals surface area contributed by atoms with Gasteiger partial charge in [-0.3, -0.25) is 4.79 Å². The second-order valence-electron chi connectivity index (χ2n) is 5.05. The van der Waals surface area contributed by atoms with Crippen LogP contribution in [-0.4, -0.2) is 21.0 Å². The van der Waals surface area contributed by atoms with E-state index >= 15 is 0 Å². The maximum Gasteiger partial charge on any atom is 0.303 e. The normalized spacial score (nSPS) is 10.7. The molecule has 0 aliphatic carbocycles. The summed E-state index contributed by atoms with van der Waals surface area (Å²) >= 11 is 3.51. The fourth-order valence-corrected chi connectivity index (χ4v) is 2.57. The van der Waals surface area contributed by atoms with Crippen LogP contribution < -0.4 is 0 Å². The van der Waals surface area contributed by atoms with E-state index in [1.54, 1.807) is 0 Å². The summed E-state index contributed by atoms with van der Waals surface area (Å²) in [7, 11) is 0. The molecule has 1 aromatic carbocycles. The Balaban J connectivity index is 2.38. The van der Waals surface area contributed by atoms with Crippen LogP contribution in [0, 0.1) is 20.8 Å². The number of rotatable bonds is 4. The summed E-state index contributed by atoms with van der Waals surface area (Å²) in [4.78, 5) is 19.8. The zero-order valence-electron chi connectivity index (χ0n) is 12.3. The second-order valence-corrected chi connectivity index (χ2v) is 5.91. The van der Waals surface area contributed by atoms with E-state index in [2.05, 4.69) is 25.9 Å². The minimum Gasteiger partial charge on any atom is -0.481 e. The van der Waals surface area contributed by atoms with Crippen LogP contribution in [0.5, 0.6) is 0 Å². The first-order chi connectivity index (χ1) is 9.88. The van der Waals surface area contributed by atoms with Crippen LogP contribution in [0.25, 0.3) is 11.4 Å². The number of hydrogen-bond donors (Lipinski definition) is 1. The average Bonchev–Trinajstić information content (AvgIpc) is 2.40. The van der Waals surface area contributed by atoms with Gasteiger partial charge in [-0.05, 0) is 44.4 Å². The Bertz CT molecular complexity index is 676. The quantitative estimate of drug-likeness (QED) is 0.911. The maximum atomic E-state index is 10.7. The van der Waals surface area contributed by atoms with E-state index in [4.69, 9.17) is 5.11 Å². The first kappa shape index (κ1) is 15.6. The van der Waals surface area contributed by atoms with Crippen molar-refractivity contribution in [3.63, 3.8) is 0 Å². The number of aryl methyl sites for hydroxylation is 3. The number of carboxylic acid groups (broad SMARTS) is 1. The van der Waals surface area contributed by atoms with Gasteiger partial charge in [0.1, 0.15) is 0 Å². The molecule has 0 unspecified atom stereocenters. The average molecular weight is 349 g/mol. The molecule has 0 amide bonds. The summed E-state index contributed by atoms with van der Waals surface area (Å²) in [6.45, 7) is 5.83. The Morgan fingerprint density at radius 3 is 2.33 bits per heavy atom. The zero-order valence-corrected chi connectivity index (χ0v) is 13.9. The summed E-state index contributed by atoms with van der Waals surface area (Å²) in [5.74, 6) is -0.134. The highest BCUT2D eigenvalue weighted by molar-refractivity contribution is 9.10. The fraction of sp³-hybridized carbons (Fsp3) is 0.312. The van der Waals surface area contributed by atoms with E-state index < -0.39 is 5.97 Å². The third-order valence-corrected chi connectivity index (χ3v) is 4.29. The van der Waals surface area contributed by atoms with Gasteiger partial charge in [-0.15, -0.1) is 0 Å². The Kier molecular flexibility index (Phi) is 4.73. The molecule has 0 atom stereocenters. The highest BCUT2D eigenvalue weighted by atomic mass is 79.9. The van der Waals surface area contributed by atoms with Crippen LogP contribution in [0.4, 0.5) is 0 Å². The van der Waals surface area contributed by atoms with Gasteiger partial charge in [-0.1, -0.05) is 28.1 Å². The monoisotopic (exact) mass is 348 g/mol. The molecule has 2 rings (SSSR count). The van der Waals surface area contributed by atoms with Crippen LogP contribution >= 0.6 is 15.9 Å². The topological polar surface area (TPSA) is 63.1 Å². The molecule has 5 heteroatoms. The Labute approximate surface area is 132 Å². The minimum absolute atomic E-state index is 0.0977. The van der Waals surface area contributed by atoms with E-state index in [0.29, 0.717) is 12.2 Å². The van der Waals surface area contributed by atoms with Crippen molar-refractivity contribution in [3.8, 4) is 11.4 Å². The number of benzene rings is 1. The summed E-state index contributed by atoms with van der Waals surface area (Å²) in [6, 6.07) is 6.01. The van der Waals surface area contributed by atoms with Crippen LogP contribution in [0.1, 0.15) is 28.9 Å². The molecule has 1 N–H and O–H groups in total. The lowest BCUT2D eigenvalue weighted by atomic mass is 10.1. The lowest BCUT2D eigenvalue weighted by Gasteiger charge is -2.11. The van der Waals surface area contributed by atoms with Crippen molar-refractivity contribution in [2.24, 2.45) is 0 Å². The fourth-order valence-electron chi connectivity index (χ4n) is 2.19. The second kappa shape index (κ2) is 6.35. The Hall–Kier alpha value is -1.75. The number of hydrogen-bond acceptors (Lipinski definition) is 3. The minimum atomic E-state index is -0.805. The van der Waals surface area contributed by atoms with Gasteiger partial charge in [0.05, 0.1) is 0 Å². The lowest BCUT2D eigenvalue weighted by Crippen LogP contribution is -2.06. The molecule has 21 heavy (non-hydrogen) atoms. The van der Waals surface area contributed by atoms with Gasteiger partial charge in [-0.25, -0.2) is 9.97 Å². The van der Waals surface area contributed by atoms with E-state index in [9.17, 15) is 4.79 Å². The number of carboxylic acids is 1. The molecule has 1 heterocycles. The van der Waals surface area contributed by atoms with Crippen molar-refractivity contribution in [1.82, 2.24) is 9.97 Å². The maximum absolute atomic E-state index is 10.7. The van der Waals surface area contributed by atoms with Crippen LogP contribution in [0.3, 0.4) is 0 Å². The molecule has 0 bridgehead atoms. The van der Waals surface area contributed by atoms with Gasteiger partial charge in [0.25, 0.3) is 0 Å². The predicted octanol–water partition coefficient (Wildman–Crippen LogP) is 3.85. The predicted molar refractivity (Wildman–Crippen MR) is 85.3 cm³/mol. The summed E-state index contributed by atoms with van der Waals surface area (Å²) in [5.41, 5.74) is 4.71. The Morgan fingerprint density at radius 2 is 1.81 bits per heavy atom. The summed E-state index contributed by atoms with van der Waals surface area (Å²) in [6.07, 6.45) is 0.561. The summed E-state index contributed by atoms with van der Waals surface area (Å²) < 4.78 is 1.02. The van der Waals surface area contributed by atoms with Crippen LogP contribution in [0.2, 0.25) is 0 Å². The molecule has 0 aliphatic rings. The van der Waals surface area contributed by atoms with E-state index in [1.807, 2.05) is 39.0 Å². The Morgan fingerprint density at radius 1 is 1.19 bits per heavy atom. The third kappa shape index (κ3) is 3.67. The van der Waals surface area contributed by atoms with Crippen molar-refractivity contribution in [2.75, 3.05) is 0 Å². The smallest absolute Gasteiger partial charge is 0.303 e. The number of halogens is 1. The number of nitrogens with zero attached hydrogens (tertiary/aromatic N) is 2. The number of aromatic nitrogens is 2. The largest absolute Gasteiger partial charge is 0.481 e. The molecule has 0 saturated carbocycles.